The Morgan fingerprint density at radius 1 is 1.05 bits per heavy atom. The van der Waals surface area contributed by atoms with E-state index in [0.717, 1.165) is 36.4 Å². The van der Waals surface area contributed by atoms with Crippen LogP contribution >= 0.6 is 0 Å². The van der Waals surface area contributed by atoms with Gasteiger partial charge in [0.2, 0.25) is 0 Å². The topological polar surface area (TPSA) is 39.7 Å². The van der Waals surface area contributed by atoms with Gasteiger partial charge in [0.15, 0.2) is 11.5 Å². The van der Waals surface area contributed by atoms with Crippen LogP contribution in [0.3, 0.4) is 0 Å². The average molecular weight is 293 g/mol. The molecule has 4 heteroatoms. The van der Waals surface area contributed by atoms with E-state index in [1.54, 1.807) is 14.2 Å². The summed E-state index contributed by atoms with van der Waals surface area (Å²) in [5, 5.41) is 3.52. The Balaban J connectivity index is 1.81. The van der Waals surface area contributed by atoms with Crippen LogP contribution in [0.4, 0.5) is 0 Å². The number of rotatable bonds is 7. The van der Waals surface area contributed by atoms with Gasteiger partial charge in [-0.2, -0.15) is 0 Å². The van der Waals surface area contributed by atoms with E-state index in [2.05, 4.69) is 12.2 Å². The second kappa shape index (κ2) is 8.25. The van der Waals surface area contributed by atoms with Crippen molar-refractivity contribution in [3.63, 3.8) is 0 Å². The first-order valence-corrected chi connectivity index (χ1v) is 7.82. The molecule has 1 saturated carbocycles. The van der Waals surface area contributed by atoms with Crippen LogP contribution in [0, 0.1) is 0 Å². The molecule has 0 amide bonds. The fourth-order valence-corrected chi connectivity index (χ4v) is 2.91. The van der Waals surface area contributed by atoms with Crippen molar-refractivity contribution in [2.45, 2.75) is 51.4 Å². The Hall–Kier alpha value is -1.26. The summed E-state index contributed by atoms with van der Waals surface area (Å²) in [4.78, 5) is 0. The molecule has 0 bridgehead atoms. The quantitative estimate of drug-likeness (QED) is 0.838. The van der Waals surface area contributed by atoms with Crippen LogP contribution in [-0.2, 0) is 11.3 Å². The van der Waals surface area contributed by atoms with Gasteiger partial charge in [-0.05, 0) is 49.9 Å². The molecule has 4 nitrogen and oxygen atoms in total. The van der Waals surface area contributed by atoms with Crippen LogP contribution in [0.5, 0.6) is 11.5 Å². The first-order chi connectivity index (χ1) is 10.3. The molecule has 0 saturated heterocycles. The van der Waals surface area contributed by atoms with Crippen LogP contribution in [-0.4, -0.2) is 32.9 Å². The highest BCUT2D eigenvalue weighted by molar-refractivity contribution is 5.42. The van der Waals surface area contributed by atoms with Gasteiger partial charge in [0, 0.05) is 6.04 Å². The minimum absolute atomic E-state index is 0.382. The van der Waals surface area contributed by atoms with E-state index in [0.29, 0.717) is 18.8 Å². The maximum atomic E-state index is 6.04. The number of hydrogen-bond acceptors (Lipinski definition) is 4. The molecule has 118 valence electrons. The standard InChI is InChI=1S/C17H27NO3/c1-4-18-14-6-8-15(9-7-14)21-12-13-5-10-16(19-2)17(11-13)20-3/h5,10-11,14-15,18H,4,6-9,12H2,1-3H3. The molecule has 1 aliphatic carbocycles. The van der Waals surface area contributed by atoms with Gasteiger partial charge < -0.3 is 19.5 Å². The molecule has 0 aromatic heterocycles. The van der Waals surface area contributed by atoms with Crippen molar-refractivity contribution < 1.29 is 14.2 Å². The van der Waals surface area contributed by atoms with Gasteiger partial charge in [0.05, 0.1) is 26.9 Å². The van der Waals surface area contributed by atoms with Crippen LogP contribution < -0.4 is 14.8 Å². The first-order valence-electron chi connectivity index (χ1n) is 7.82. The van der Waals surface area contributed by atoms with Crippen molar-refractivity contribution in [3.8, 4) is 11.5 Å². The van der Waals surface area contributed by atoms with Crippen molar-refractivity contribution in [2.75, 3.05) is 20.8 Å². The Bertz CT molecular complexity index is 428. The lowest BCUT2D eigenvalue weighted by Crippen LogP contribution is -2.35. The predicted octanol–water partition coefficient (Wildman–Crippen LogP) is 3.14. The molecule has 0 atom stereocenters. The number of methoxy groups -OCH3 is 2. The molecule has 21 heavy (non-hydrogen) atoms. The number of benzene rings is 1. The predicted molar refractivity (Wildman–Crippen MR) is 84.1 cm³/mol. The summed E-state index contributed by atoms with van der Waals surface area (Å²) in [6.07, 6.45) is 5.10. The highest BCUT2D eigenvalue weighted by atomic mass is 16.5. The largest absolute Gasteiger partial charge is 0.493 e. The second-order valence-electron chi connectivity index (χ2n) is 5.53. The van der Waals surface area contributed by atoms with E-state index in [-0.39, 0.29) is 0 Å². The minimum atomic E-state index is 0.382. The van der Waals surface area contributed by atoms with E-state index in [4.69, 9.17) is 14.2 Å². The summed E-state index contributed by atoms with van der Waals surface area (Å²) < 4.78 is 16.6. The van der Waals surface area contributed by atoms with Gasteiger partial charge in [-0.1, -0.05) is 13.0 Å². The molecule has 0 spiro atoms. The summed E-state index contributed by atoms with van der Waals surface area (Å²) in [5.41, 5.74) is 1.13. The summed E-state index contributed by atoms with van der Waals surface area (Å²) in [5.74, 6) is 1.52. The van der Waals surface area contributed by atoms with Crippen molar-refractivity contribution in [1.82, 2.24) is 5.32 Å². The van der Waals surface area contributed by atoms with Crippen molar-refractivity contribution in [3.05, 3.63) is 23.8 Å². The van der Waals surface area contributed by atoms with Crippen LogP contribution in [0.15, 0.2) is 18.2 Å². The van der Waals surface area contributed by atoms with E-state index < -0.39 is 0 Å². The van der Waals surface area contributed by atoms with Crippen molar-refractivity contribution >= 4 is 0 Å². The Morgan fingerprint density at radius 3 is 2.38 bits per heavy atom. The molecule has 1 N–H and O–H groups in total. The van der Waals surface area contributed by atoms with Gasteiger partial charge >= 0.3 is 0 Å². The van der Waals surface area contributed by atoms with E-state index in [1.165, 1.54) is 12.8 Å². The zero-order chi connectivity index (χ0) is 15.1. The van der Waals surface area contributed by atoms with Gasteiger partial charge in [0.1, 0.15) is 0 Å². The van der Waals surface area contributed by atoms with Gasteiger partial charge in [-0.15, -0.1) is 0 Å². The minimum Gasteiger partial charge on any atom is -0.493 e. The van der Waals surface area contributed by atoms with Gasteiger partial charge in [-0.25, -0.2) is 0 Å². The Labute approximate surface area is 127 Å². The Kier molecular flexibility index (Phi) is 6.33. The molecule has 1 fully saturated rings. The number of nitrogens with one attached hydrogen (secondary N) is 1. The van der Waals surface area contributed by atoms with Gasteiger partial charge in [-0.3, -0.25) is 0 Å². The monoisotopic (exact) mass is 293 g/mol. The normalized spacial score (nSPS) is 22.0. The number of hydrogen-bond donors (Lipinski definition) is 1. The van der Waals surface area contributed by atoms with E-state index in [9.17, 15) is 0 Å². The molecule has 1 aromatic rings. The lowest BCUT2D eigenvalue weighted by molar-refractivity contribution is 0.0114. The zero-order valence-electron chi connectivity index (χ0n) is 13.4. The highest BCUT2D eigenvalue weighted by Gasteiger charge is 2.20. The maximum absolute atomic E-state index is 6.04. The summed E-state index contributed by atoms with van der Waals surface area (Å²) >= 11 is 0. The van der Waals surface area contributed by atoms with E-state index >= 15 is 0 Å². The lowest BCUT2D eigenvalue weighted by Gasteiger charge is -2.29. The SMILES string of the molecule is CCNC1CCC(OCc2ccc(OC)c(OC)c2)CC1. The van der Waals surface area contributed by atoms with Gasteiger partial charge in [0.25, 0.3) is 0 Å². The summed E-state index contributed by atoms with van der Waals surface area (Å²) in [6.45, 7) is 3.86. The maximum Gasteiger partial charge on any atom is 0.161 e. The average Bonchev–Trinajstić information content (AvgIpc) is 2.54. The number of ether oxygens (including phenoxy) is 3. The molecule has 1 aromatic carbocycles. The fraction of sp³-hybridized carbons (Fsp3) is 0.647. The molecule has 0 aliphatic heterocycles. The van der Waals surface area contributed by atoms with Crippen molar-refractivity contribution in [1.29, 1.82) is 0 Å². The second-order valence-corrected chi connectivity index (χ2v) is 5.53. The molecule has 1 aliphatic rings. The summed E-state index contributed by atoms with van der Waals surface area (Å²) in [7, 11) is 3.31. The van der Waals surface area contributed by atoms with Crippen LogP contribution in [0.2, 0.25) is 0 Å². The third kappa shape index (κ3) is 4.61. The fourth-order valence-electron chi connectivity index (χ4n) is 2.91. The van der Waals surface area contributed by atoms with Crippen molar-refractivity contribution in [2.24, 2.45) is 0 Å². The highest BCUT2D eigenvalue weighted by Crippen LogP contribution is 2.28. The van der Waals surface area contributed by atoms with Crippen LogP contribution in [0.1, 0.15) is 38.2 Å². The third-order valence-corrected chi connectivity index (χ3v) is 4.10. The van der Waals surface area contributed by atoms with E-state index in [1.807, 2.05) is 18.2 Å². The smallest absolute Gasteiger partial charge is 0.161 e. The molecule has 0 radical (unpaired) electrons. The molecular weight excluding hydrogens is 266 g/mol. The zero-order valence-corrected chi connectivity index (χ0v) is 13.4. The summed E-state index contributed by atoms with van der Waals surface area (Å²) in [6, 6.07) is 6.63. The molecule has 0 unspecified atom stereocenters. The molecule has 0 heterocycles. The van der Waals surface area contributed by atoms with Crippen LogP contribution in [0.25, 0.3) is 0 Å². The molecule has 2 rings (SSSR count). The lowest BCUT2D eigenvalue weighted by atomic mass is 9.93. The first kappa shape index (κ1) is 16.1. The molecular formula is C17H27NO3. The Morgan fingerprint density at radius 2 is 1.76 bits per heavy atom. The third-order valence-electron chi connectivity index (χ3n) is 4.10.